The number of nitrogens with zero attached hydrogens (tertiary/aromatic N) is 4. The van der Waals surface area contributed by atoms with Crippen molar-refractivity contribution in [2.75, 3.05) is 19.7 Å². The van der Waals surface area contributed by atoms with Crippen LogP contribution in [0.25, 0.3) is 0 Å². The molecule has 0 aliphatic carbocycles. The predicted octanol–water partition coefficient (Wildman–Crippen LogP) is 2.08. The Morgan fingerprint density at radius 1 is 1.44 bits per heavy atom. The third-order valence-electron chi connectivity index (χ3n) is 4.32. The summed E-state index contributed by atoms with van der Waals surface area (Å²) in [6.07, 6.45) is 2.12. The van der Waals surface area contributed by atoms with E-state index in [1.54, 1.807) is 24.3 Å². The summed E-state index contributed by atoms with van der Waals surface area (Å²) < 4.78 is 10.8. The van der Waals surface area contributed by atoms with Gasteiger partial charge in [-0.05, 0) is 43.7 Å². The van der Waals surface area contributed by atoms with Gasteiger partial charge in [-0.2, -0.15) is 10.2 Å². The van der Waals surface area contributed by atoms with Crippen LogP contribution in [0.5, 0.6) is 5.75 Å². The molecule has 7 nitrogen and oxygen atoms in total. The molecule has 1 aromatic heterocycles. The number of benzene rings is 1. The minimum atomic E-state index is -0.617. The highest BCUT2D eigenvalue weighted by Crippen LogP contribution is 2.30. The van der Waals surface area contributed by atoms with Gasteiger partial charge in [-0.3, -0.25) is 4.90 Å². The van der Waals surface area contributed by atoms with Crippen molar-refractivity contribution in [2.45, 2.75) is 38.3 Å². The number of nitriles is 1. The summed E-state index contributed by atoms with van der Waals surface area (Å²) in [5.41, 5.74) is 0.583. The lowest BCUT2D eigenvalue weighted by Crippen LogP contribution is -2.35. The summed E-state index contributed by atoms with van der Waals surface area (Å²) in [5.74, 6) is 1.99. The second-order valence-corrected chi connectivity index (χ2v) is 6.15. The molecule has 1 saturated heterocycles. The van der Waals surface area contributed by atoms with Gasteiger partial charge in [0, 0.05) is 13.0 Å². The molecule has 2 heterocycles. The first kappa shape index (κ1) is 17.4. The fourth-order valence-electron chi connectivity index (χ4n) is 3.03. The van der Waals surface area contributed by atoms with Crippen LogP contribution >= 0.6 is 0 Å². The van der Waals surface area contributed by atoms with E-state index in [0.717, 1.165) is 25.8 Å². The number of rotatable bonds is 7. The molecule has 0 amide bonds. The van der Waals surface area contributed by atoms with E-state index in [1.807, 2.05) is 6.92 Å². The Morgan fingerprint density at radius 3 is 2.92 bits per heavy atom. The first-order chi connectivity index (χ1) is 12.2. The van der Waals surface area contributed by atoms with Crippen molar-refractivity contribution in [1.82, 2.24) is 15.0 Å². The van der Waals surface area contributed by atoms with E-state index < -0.39 is 6.10 Å². The molecule has 0 spiro atoms. The Bertz CT molecular complexity index is 723. The summed E-state index contributed by atoms with van der Waals surface area (Å²) in [6.45, 7) is 3.57. The van der Waals surface area contributed by atoms with Crippen molar-refractivity contribution in [1.29, 1.82) is 5.26 Å². The van der Waals surface area contributed by atoms with Gasteiger partial charge in [0.2, 0.25) is 5.89 Å². The molecular weight excluding hydrogens is 320 g/mol. The van der Waals surface area contributed by atoms with E-state index >= 15 is 0 Å². The van der Waals surface area contributed by atoms with Crippen LogP contribution in [0.2, 0.25) is 0 Å². The Hall–Kier alpha value is -2.43. The lowest BCUT2D eigenvalue weighted by Gasteiger charge is -2.24. The maximum Gasteiger partial charge on any atom is 0.226 e. The third-order valence-corrected chi connectivity index (χ3v) is 4.32. The lowest BCUT2D eigenvalue weighted by molar-refractivity contribution is 0.0623. The smallest absolute Gasteiger partial charge is 0.226 e. The van der Waals surface area contributed by atoms with Gasteiger partial charge in [0.1, 0.15) is 18.5 Å². The van der Waals surface area contributed by atoms with Crippen LogP contribution in [0.15, 0.2) is 28.8 Å². The van der Waals surface area contributed by atoms with E-state index in [1.165, 1.54) is 0 Å². The molecule has 1 aliphatic rings. The van der Waals surface area contributed by atoms with Crippen LogP contribution in [0.1, 0.15) is 43.1 Å². The Labute approximate surface area is 146 Å². The zero-order valence-electron chi connectivity index (χ0n) is 14.3. The SMILES string of the molecule is CCc1nc(C2CCCN2CC(O)COc2ccc(C#N)cc2)no1. The summed E-state index contributed by atoms with van der Waals surface area (Å²) in [4.78, 5) is 6.60. The standard InChI is InChI=1S/C18H22N4O3/c1-2-17-20-18(21-25-17)16-4-3-9-22(16)11-14(23)12-24-15-7-5-13(10-19)6-8-15/h5-8,14,16,23H,2-4,9,11-12H2,1H3. The molecule has 3 rings (SSSR count). The predicted molar refractivity (Wildman–Crippen MR) is 89.9 cm³/mol. The first-order valence-electron chi connectivity index (χ1n) is 8.57. The lowest BCUT2D eigenvalue weighted by atomic mass is 10.2. The normalized spacial score (nSPS) is 18.8. The molecule has 132 valence electrons. The van der Waals surface area contributed by atoms with Crippen molar-refractivity contribution >= 4 is 0 Å². The minimum absolute atomic E-state index is 0.0913. The third kappa shape index (κ3) is 4.35. The molecule has 0 bridgehead atoms. The molecule has 1 N–H and O–H groups in total. The molecule has 2 atom stereocenters. The number of aryl methyl sites for hydroxylation is 1. The average molecular weight is 342 g/mol. The monoisotopic (exact) mass is 342 g/mol. The molecule has 2 unspecified atom stereocenters. The summed E-state index contributed by atoms with van der Waals surface area (Å²) in [7, 11) is 0. The zero-order valence-corrected chi connectivity index (χ0v) is 14.3. The van der Waals surface area contributed by atoms with Gasteiger partial charge in [0.15, 0.2) is 5.82 Å². The maximum atomic E-state index is 10.3. The number of aliphatic hydroxyl groups excluding tert-OH is 1. The topological polar surface area (TPSA) is 95.4 Å². The van der Waals surface area contributed by atoms with Gasteiger partial charge in [-0.15, -0.1) is 0 Å². The number of hydrogen-bond acceptors (Lipinski definition) is 7. The fourth-order valence-corrected chi connectivity index (χ4v) is 3.03. The van der Waals surface area contributed by atoms with Crippen LogP contribution in [0.4, 0.5) is 0 Å². The maximum absolute atomic E-state index is 10.3. The van der Waals surface area contributed by atoms with Crippen molar-refractivity contribution in [3.05, 3.63) is 41.5 Å². The highest BCUT2D eigenvalue weighted by Gasteiger charge is 2.31. The number of hydrogen-bond donors (Lipinski definition) is 1. The average Bonchev–Trinajstić information content (AvgIpc) is 3.29. The molecule has 1 fully saturated rings. The van der Waals surface area contributed by atoms with Gasteiger partial charge in [-0.25, -0.2) is 0 Å². The van der Waals surface area contributed by atoms with Gasteiger partial charge in [-0.1, -0.05) is 12.1 Å². The summed E-state index contributed by atoms with van der Waals surface area (Å²) >= 11 is 0. The Kier molecular flexibility index (Phi) is 5.64. The van der Waals surface area contributed by atoms with Crippen molar-refractivity contribution in [2.24, 2.45) is 0 Å². The van der Waals surface area contributed by atoms with E-state index in [0.29, 0.717) is 29.6 Å². The van der Waals surface area contributed by atoms with Crippen LogP contribution in [0, 0.1) is 11.3 Å². The van der Waals surface area contributed by atoms with Crippen LogP contribution < -0.4 is 4.74 Å². The number of ether oxygens (including phenoxy) is 1. The van der Waals surface area contributed by atoms with E-state index in [2.05, 4.69) is 21.1 Å². The fraction of sp³-hybridized carbons (Fsp3) is 0.500. The highest BCUT2D eigenvalue weighted by molar-refractivity contribution is 5.34. The molecule has 1 aromatic carbocycles. The second-order valence-electron chi connectivity index (χ2n) is 6.15. The van der Waals surface area contributed by atoms with E-state index in [4.69, 9.17) is 14.5 Å². The summed E-state index contributed by atoms with van der Waals surface area (Å²) in [5, 5.41) is 23.2. The molecule has 0 radical (unpaired) electrons. The van der Waals surface area contributed by atoms with Crippen LogP contribution in [-0.4, -0.2) is 45.9 Å². The second kappa shape index (κ2) is 8.10. The minimum Gasteiger partial charge on any atom is -0.491 e. The van der Waals surface area contributed by atoms with Gasteiger partial charge >= 0.3 is 0 Å². The number of β-amino-alcohol motifs (C(OH)–C–C–N with tert-alkyl or cyclic N) is 1. The van der Waals surface area contributed by atoms with Crippen LogP contribution in [0.3, 0.4) is 0 Å². The van der Waals surface area contributed by atoms with Gasteiger partial charge < -0.3 is 14.4 Å². The number of aliphatic hydroxyl groups is 1. The van der Waals surface area contributed by atoms with Gasteiger partial charge in [0.25, 0.3) is 0 Å². The highest BCUT2D eigenvalue weighted by atomic mass is 16.5. The largest absolute Gasteiger partial charge is 0.491 e. The Balaban J connectivity index is 1.52. The van der Waals surface area contributed by atoms with Crippen molar-refractivity contribution in [3.8, 4) is 11.8 Å². The molecule has 25 heavy (non-hydrogen) atoms. The van der Waals surface area contributed by atoms with Crippen LogP contribution in [-0.2, 0) is 6.42 Å². The van der Waals surface area contributed by atoms with E-state index in [9.17, 15) is 5.11 Å². The summed E-state index contributed by atoms with van der Waals surface area (Å²) in [6, 6.07) is 9.01. The molecule has 1 aliphatic heterocycles. The Morgan fingerprint density at radius 2 is 2.24 bits per heavy atom. The van der Waals surface area contributed by atoms with E-state index in [-0.39, 0.29) is 12.6 Å². The molecule has 7 heteroatoms. The first-order valence-corrected chi connectivity index (χ1v) is 8.57. The molecule has 0 saturated carbocycles. The van der Waals surface area contributed by atoms with Gasteiger partial charge in [0.05, 0.1) is 17.7 Å². The number of likely N-dealkylation sites (tertiary alicyclic amines) is 1. The number of aromatic nitrogens is 2. The van der Waals surface area contributed by atoms with Crippen molar-refractivity contribution in [3.63, 3.8) is 0 Å². The molecular formula is C18H22N4O3. The zero-order chi connectivity index (χ0) is 17.6. The quantitative estimate of drug-likeness (QED) is 0.823. The van der Waals surface area contributed by atoms with Crippen molar-refractivity contribution < 1.29 is 14.4 Å². The molecule has 2 aromatic rings.